The number of amides is 2. The van der Waals surface area contributed by atoms with Gasteiger partial charge in [0.25, 0.3) is 0 Å². The zero-order valence-electron chi connectivity index (χ0n) is 18.5. The summed E-state index contributed by atoms with van der Waals surface area (Å²) in [5, 5.41) is 6.08. The van der Waals surface area contributed by atoms with Gasteiger partial charge in [-0.1, -0.05) is 30.3 Å². The molecule has 1 aromatic rings. The molecule has 0 saturated carbocycles. The summed E-state index contributed by atoms with van der Waals surface area (Å²) in [5.41, 5.74) is 0.562. The third-order valence-corrected chi connectivity index (χ3v) is 4.36. The minimum atomic E-state index is -0.529. The van der Waals surface area contributed by atoms with Crippen LogP contribution in [0.2, 0.25) is 0 Å². The maximum atomic E-state index is 12.0. The molecule has 2 amide bonds. The first kappa shape index (κ1) is 26.0. The van der Waals surface area contributed by atoms with Gasteiger partial charge >= 0.3 is 6.09 Å². The summed E-state index contributed by atoms with van der Waals surface area (Å²) >= 11 is 0. The monoisotopic (exact) mass is 531 g/mol. The number of halogens is 1. The Hall–Kier alpha value is -2.04. The number of hydrogen-bond acceptors (Lipinski definition) is 4. The molecule has 0 aliphatic carbocycles. The van der Waals surface area contributed by atoms with Gasteiger partial charge in [-0.25, -0.2) is 9.79 Å². The van der Waals surface area contributed by atoms with Crippen LogP contribution in [-0.2, 0) is 16.1 Å². The third-order valence-electron chi connectivity index (χ3n) is 4.36. The number of guanidine groups is 1. The van der Waals surface area contributed by atoms with Crippen LogP contribution in [0.25, 0.3) is 0 Å². The number of hydrogen-bond donors (Lipinski definition) is 2. The van der Waals surface area contributed by atoms with Crippen LogP contribution in [-0.4, -0.2) is 73.1 Å². The molecular formula is C21H34IN5O3. The first-order valence-electron chi connectivity index (χ1n) is 9.91. The second kappa shape index (κ2) is 12.0. The van der Waals surface area contributed by atoms with Crippen molar-refractivity contribution in [2.45, 2.75) is 45.4 Å². The Morgan fingerprint density at radius 2 is 1.90 bits per heavy atom. The summed E-state index contributed by atoms with van der Waals surface area (Å²) in [6, 6.07) is 9.92. The van der Waals surface area contributed by atoms with E-state index in [0.29, 0.717) is 19.0 Å². The molecule has 168 valence electrons. The lowest BCUT2D eigenvalue weighted by Gasteiger charge is -2.24. The van der Waals surface area contributed by atoms with Crippen molar-refractivity contribution < 1.29 is 14.3 Å². The van der Waals surface area contributed by atoms with Crippen LogP contribution in [0.4, 0.5) is 4.79 Å². The highest BCUT2D eigenvalue weighted by Gasteiger charge is 2.28. The van der Waals surface area contributed by atoms with Crippen molar-refractivity contribution in [3.05, 3.63) is 35.9 Å². The molecule has 1 aromatic carbocycles. The molecule has 1 heterocycles. The normalized spacial score (nSPS) is 16.5. The molecule has 1 aliphatic rings. The smallest absolute Gasteiger partial charge is 0.407 e. The first-order valence-corrected chi connectivity index (χ1v) is 9.91. The van der Waals surface area contributed by atoms with Crippen molar-refractivity contribution in [2.75, 3.05) is 33.7 Å². The molecule has 0 radical (unpaired) electrons. The number of likely N-dealkylation sites (tertiary alicyclic amines) is 1. The summed E-state index contributed by atoms with van der Waals surface area (Å²) in [6.07, 6.45) is 0.371. The molecule has 1 unspecified atom stereocenters. The molecule has 30 heavy (non-hydrogen) atoms. The highest BCUT2D eigenvalue weighted by atomic mass is 127. The summed E-state index contributed by atoms with van der Waals surface area (Å²) in [5.74, 6) is 0.637. The Bertz CT molecular complexity index is 719. The summed E-state index contributed by atoms with van der Waals surface area (Å²) in [6.45, 7) is 7.54. The summed E-state index contributed by atoms with van der Waals surface area (Å²) in [4.78, 5) is 32.3. The third kappa shape index (κ3) is 9.19. The van der Waals surface area contributed by atoms with Gasteiger partial charge in [-0.15, -0.1) is 24.0 Å². The van der Waals surface area contributed by atoms with E-state index in [9.17, 15) is 9.59 Å². The van der Waals surface area contributed by atoms with Gasteiger partial charge in [-0.3, -0.25) is 4.79 Å². The topological polar surface area (TPSA) is 86.3 Å². The lowest BCUT2D eigenvalue weighted by atomic mass is 10.2. The predicted molar refractivity (Wildman–Crippen MR) is 129 cm³/mol. The number of rotatable bonds is 5. The quantitative estimate of drug-likeness (QED) is 0.347. The zero-order valence-corrected chi connectivity index (χ0v) is 20.8. The maximum Gasteiger partial charge on any atom is 0.407 e. The minimum absolute atomic E-state index is 0. The molecular weight excluding hydrogens is 497 g/mol. The standard InChI is InChI=1S/C21H33N5O3.HI/c1-21(2,3)29-20(28)24-17-11-12-26(15-17)19(23-14-18(27)25(4)5)22-13-16-9-7-6-8-10-16;/h6-10,17H,11-15H2,1-5H3,(H,22,23)(H,24,28);1H. The molecule has 1 atom stereocenters. The Morgan fingerprint density at radius 3 is 2.50 bits per heavy atom. The molecule has 1 fully saturated rings. The summed E-state index contributed by atoms with van der Waals surface area (Å²) < 4.78 is 5.34. The van der Waals surface area contributed by atoms with E-state index < -0.39 is 11.7 Å². The van der Waals surface area contributed by atoms with Crippen molar-refractivity contribution in [1.29, 1.82) is 0 Å². The van der Waals surface area contributed by atoms with E-state index in [4.69, 9.17) is 9.73 Å². The van der Waals surface area contributed by atoms with Gasteiger partial charge in [-0.2, -0.15) is 0 Å². The molecule has 0 aromatic heterocycles. The Morgan fingerprint density at radius 1 is 1.23 bits per heavy atom. The van der Waals surface area contributed by atoms with Crippen LogP contribution >= 0.6 is 24.0 Å². The lowest BCUT2D eigenvalue weighted by Crippen LogP contribution is -2.46. The van der Waals surface area contributed by atoms with Gasteiger partial charge in [0.15, 0.2) is 5.96 Å². The van der Waals surface area contributed by atoms with Gasteiger partial charge in [0.1, 0.15) is 5.60 Å². The molecule has 1 saturated heterocycles. The van der Waals surface area contributed by atoms with E-state index >= 15 is 0 Å². The molecule has 0 spiro atoms. The Labute approximate surface area is 196 Å². The van der Waals surface area contributed by atoms with Crippen molar-refractivity contribution in [3.8, 4) is 0 Å². The number of nitrogens with zero attached hydrogens (tertiary/aromatic N) is 3. The Kier molecular flexibility index (Phi) is 10.4. The predicted octanol–water partition coefficient (Wildman–Crippen LogP) is 2.44. The van der Waals surface area contributed by atoms with Crippen LogP contribution in [0.15, 0.2) is 35.3 Å². The molecule has 9 heteroatoms. The van der Waals surface area contributed by atoms with E-state index in [1.807, 2.05) is 51.1 Å². The number of likely N-dealkylation sites (N-methyl/N-ethyl adjacent to an activating group) is 1. The van der Waals surface area contributed by atoms with Crippen molar-refractivity contribution in [1.82, 2.24) is 20.4 Å². The fraction of sp³-hybridized carbons (Fsp3) is 0.571. The largest absolute Gasteiger partial charge is 0.444 e. The van der Waals surface area contributed by atoms with E-state index in [2.05, 4.69) is 15.5 Å². The first-order chi connectivity index (χ1) is 13.6. The van der Waals surface area contributed by atoms with Gasteiger partial charge in [0, 0.05) is 27.2 Å². The number of ether oxygens (including phenoxy) is 1. The van der Waals surface area contributed by atoms with Crippen LogP contribution in [0.3, 0.4) is 0 Å². The number of aliphatic imine (C=N–C) groups is 1. The van der Waals surface area contributed by atoms with Crippen molar-refractivity contribution in [3.63, 3.8) is 0 Å². The van der Waals surface area contributed by atoms with Crippen molar-refractivity contribution >= 4 is 41.9 Å². The fourth-order valence-electron chi connectivity index (χ4n) is 2.87. The number of nitrogens with one attached hydrogen (secondary N) is 2. The molecule has 2 N–H and O–H groups in total. The van der Waals surface area contributed by atoms with E-state index in [1.54, 1.807) is 19.0 Å². The molecule has 8 nitrogen and oxygen atoms in total. The minimum Gasteiger partial charge on any atom is -0.444 e. The van der Waals surface area contributed by atoms with Gasteiger partial charge in [0.05, 0.1) is 19.1 Å². The second-order valence-corrected chi connectivity index (χ2v) is 8.34. The second-order valence-electron chi connectivity index (χ2n) is 8.34. The van der Waals surface area contributed by atoms with Gasteiger partial charge < -0.3 is 25.2 Å². The van der Waals surface area contributed by atoms with E-state index in [1.165, 1.54) is 0 Å². The Balaban J connectivity index is 0.00000450. The van der Waals surface area contributed by atoms with Gasteiger partial charge in [0.2, 0.25) is 5.91 Å². The lowest BCUT2D eigenvalue weighted by molar-refractivity contribution is -0.127. The highest BCUT2D eigenvalue weighted by Crippen LogP contribution is 2.12. The van der Waals surface area contributed by atoms with Crippen LogP contribution in [0.5, 0.6) is 0 Å². The van der Waals surface area contributed by atoms with Crippen LogP contribution < -0.4 is 10.6 Å². The number of carbonyl (C=O) groups is 2. The molecule has 1 aliphatic heterocycles. The fourth-order valence-corrected chi connectivity index (χ4v) is 2.87. The van der Waals surface area contributed by atoms with Gasteiger partial charge in [-0.05, 0) is 32.8 Å². The van der Waals surface area contributed by atoms with E-state index in [-0.39, 0.29) is 42.5 Å². The number of alkyl carbamates (subject to hydrolysis) is 1. The number of carbonyl (C=O) groups excluding carboxylic acids is 2. The average Bonchev–Trinajstić information content (AvgIpc) is 3.08. The van der Waals surface area contributed by atoms with Crippen molar-refractivity contribution in [2.24, 2.45) is 4.99 Å². The zero-order chi connectivity index (χ0) is 21.4. The maximum absolute atomic E-state index is 12.0. The SMILES string of the molecule is CN(C)C(=O)CNC(=NCc1ccccc1)N1CCC(NC(=O)OC(C)(C)C)C1.I. The highest BCUT2D eigenvalue weighted by molar-refractivity contribution is 14.0. The number of benzene rings is 1. The average molecular weight is 531 g/mol. The van der Waals surface area contributed by atoms with Crippen LogP contribution in [0.1, 0.15) is 32.8 Å². The van der Waals surface area contributed by atoms with E-state index in [0.717, 1.165) is 18.5 Å². The summed E-state index contributed by atoms with van der Waals surface area (Å²) in [7, 11) is 3.45. The molecule has 2 rings (SSSR count). The van der Waals surface area contributed by atoms with Crippen LogP contribution in [0, 0.1) is 0 Å². The molecule has 0 bridgehead atoms.